The molecule has 0 amide bonds. The van der Waals surface area contributed by atoms with Crippen molar-refractivity contribution in [1.82, 2.24) is 4.98 Å². The van der Waals surface area contributed by atoms with E-state index >= 15 is 0 Å². The molecule has 2 aromatic rings. The Kier molecular flexibility index (Phi) is 5.32. The van der Waals surface area contributed by atoms with Gasteiger partial charge in [-0.15, -0.1) is 23.7 Å². The minimum Gasteiger partial charge on any atom is -0.493 e. The second-order valence-electron chi connectivity index (χ2n) is 5.47. The highest BCUT2D eigenvalue weighted by molar-refractivity contribution is 7.10. The number of ether oxygens (including phenoxy) is 2. The van der Waals surface area contributed by atoms with E-state index in [-0.39, 0.29) is 17.9 Å². The number of rotatable bonds is 4. The number of nitrogens with zero attached hydrogens (tertiary/aromatic N) is 1. The van der Waals surface area contributed by atoms with E-state index in [1.54, 1.807) is 25.6 Å². The quantitative estimate of drug-likeness (QED) is 0.914. The van der Waals surface area contributed by atoms with Crippen molar-refractivity contribution in [2.45, 2.75) is 31.2 Å². The van der Waals surface area contributed by atoms with Crippen molar-refractivity contribution in [3.05, 3.63) is 28.6 Å². The highest BCUT2D eigenvalue weighted by Crippen LogP contribution is 2.40. The van der Waals surface area contributed by atoms with Crippen molar-refractivity contribution < 1.29 is 9.47 Å². The molecule has 120 valence electrons. The van der Waals surface area contributed by atoms with Crippen molar-refractivity contribution >= 4 is 23.7 Å². The third kappa shape index (κ3) is 3.07. The Morgan fingerprint density at radius 1 is 1.14 bits per heavy atom. The Balaban J connectivity index is 0.00000176. The highest BCUT2D eigenvalue weighted by Gasteiger charge is 2.34. The maximum absolute atomic E-state index is 6.48. The van der Waals surface area contributed by atoms with E-state index < -0.39 is 0 Å². The molecule has 1 aliphatic carbocycles. The van der Waals surface area contributed by atoms with Crippen LogP contribution in [0, 0.1) is 0 Å². The molecule has 1 aliphatic rings. The first-order valence-corrected chi connectivity index (χ1v) is 8.01. The van der Waals surface area contributed by atoms with E-state index in [2.05, 4.69) is 5.38 Å². The third-order valence-corrected chi connectivity index (χ3v) is 5.17. The maximum atomic E-state index is 6.48. The molecule has 0 radical (unpaired) electrons. The van der Waals surface area contributed by atoms with Crippen LogP contribution in [0.4, 0.5) is 0 Å². The molecule has 1 saturated carbocycles. The molecule has 22 heavy (non-hydrogen) atoms. The van der Waals surface area contributed by atoms with Crippen LogP contribution in [0.5, 0.6) is 11.5 Å². The molecule has 1 aromatic carbocycles. The SMILES string of the molecule is COc1ccc(-c2csc(C3(N)CCCC3)n2)cc1OC.Cl. The molecule has 1 heterocycles. The number of hydrogen-bond acceptors (Lipinski definition) is 5. The molecule has 0 bridgehead atoms. The standard InChI is InChI=1S/C16H20N2O2S.ClH/c1-19-13-6-5-11(9-14(13)20-2)12-10-21-15(18-12)16(17)7-3-4-8-16;/h5-6,9-10H,3-4,7-8,17H2,1-2H3;1H. The normalized spacial score (nSPS) is 16.1. The summed E-state index contributed by atoms with van der Waals surface area (Å²) in [5.74, 6) is 1.44. The van der Waals surface area contributed by atoms with Gasteiger partial charge in [0.1, 0.15) is 5.01 Å². The number of methoxy groups -OCH3 is 2. The van der Waals surface area contributed by atoms with Crippen LogP contribution in [0.3, 0.4) is 0 Å². The first kappa shape index (κ1) is 17.1. The number of halogens is 1. The van der Waals surface area contributed by atoms with Crippen LogP contribution in [-0.2, 0) is 5.54 Å². The van der Waals surface area contributed by atoms with Gasteiger partial charge in [0.2, 0.25) is 0 Å². The summed E-state index contributed by atoms with van der Waals surface area (Å²) in [6.07, 6.45) is 4.46. The van der Waals surface area contributed by atoms with E-state index in [0.717, 1.165) is 34.9 Å². The van der Waals surface area contributed by atoms with Crippen molar-refractivity contribution in [3.8, 4) is 22.8 Å². The highest BCUT2D eigenvalue weighted by atomic mass is 35.5. The molecule has 0 atom stereocenters. The molecule has 0 unspecified atom stereocenters. The molecule has 0 aliphatic heterocycles. The summed E-state index contributed by atoms with van der Waals surface area (Å²) in [4.78, 5) is 4.76. The lowest BCUT2D eigenvalue weighted by atomic mass is 10.0. The van der Waals surface area contributed by atoms with E-state index in [1.807, 2.05) is 18.2 Å². The molecule has 4 nitrogen and oxygen atoms in total. The van der Waals surface area contributed by atoms with E-state index in [9.17, 15) is 0 Å². The summed E-state index contributed by atoms with van der Waals surface area (Å²) >= 11 is 1.66. The van der Waals surface area contributed by atoms with Gasteiger partial charge in [-0.25, -0.2) is 4.98 Å². The second kappa shape index (κ2) is 6.86. The average molecular weight is 341 g/mol. The van der Waals surface area contributed by atoms with Crippen LogP contribution >= 0.6 is 23.7 Å². The Labute approximate surface area is 141 Å². The van der Waals surface area contributed by atoms with E-state index in [1.165, 1.54) is 12.8 Å². The molecule has 0 saturated heterocycles. The van der Waals surface area contributed by atoms with Gasteiger partial charge in [0.15, 0.2) is 11.5 Å². The third-order valence-electron chi connectivity index (χ3n) is 4.11. The minimum absolute atomic E-state index is 0. The summed E-state index contributed by atoms with van der Waals surface area (Å²) in [6.45, 7) is 0. The number of hydrogen-bond donors (Lipinski definition) is 1. The Morgan fingerprint density at radius 2 is 1.82 bits per heavy atom. The fourth-order valence-corrected chi connectivity index (χ4v) is 3.85. The van der Waals surface area contributed by atoms with E-state index in [4.69, 9.17) is 20.2 Å². The topological polar surface area (TPSA) is 57.4 Å². The van der Waals surface area contributed by atoms with Crippen LogP contribution in [0.25, 0.3) is 11.3 Å². The van der Waals surface area contributed by atoms with Gasteiger partial charge in [-0.3, -0.25) is 0 Å². The zero-order valence-corrected chi connectivity index (χ0v) is 14.4. The summed E-state index contributed by atoms with van der Waals surface area (Å²) in [7, 11) is 3.28. The van der Waals surface area contributed by atoms with Gasteiger partial charge in [-0.1, -0.05) is 12.8 Å². The van der Waals surface area contributed by atoms with Gasteiger partial charge in [-0.2, -0.15) is 0 Å². The molecule has 1 aromatic heterocycles. The van der Waals surface area contributed by atoms with Crippen LogP contribution in [-0.4, -0.2) is 19.2 Å². The van der Waals surface area contributed by atoms with Gasteiger partial charge in [0, 0.05) is 10.9 Å². The lowest BCUT2D eigenvalue weighted by Crippen LogP contribution is -2.32. The number of thiazole rings is 1. The molecule has 3 rings (SSSR count). The zero-order valence-electron chi connectivity index (χ0n) is 12.8. The average Bonchev–Trinajstić information content (AvgIpc) is 3.16. The zero-order chi connectivity index (χ0) is 14.9. The van der Waals surface area contributed by atoms with Crippen LogP contribution < -0.4 is 15.2 Å². The van der Waals surface area contributed by atoms with E-state index in [0.29, 0.717) is 5.75 Å². The molecule has 0 spiro atoms. The van der Waals surface area contributed by atoms with Crippen LogP contribution in [0.2, 0.25) is 0 Å². The van der Waals surface area contributed by atoms with Crippen LogP contribution in [0.15, 0.2) is 23.6 Å². The van der Waals surface area contributed by atoms with Crippen molar-refractivity contribution in [3.63, 3.8) is 0 Å². The fraction of sp³-hybridized carbons (Fsp3) is 0.438. The molecule has 1 fully saturated rings. The Bertz CT molecular complexity index is 639. The molecular formula is C16H21ClN2O2S. The lowest BCUT2D eigenvalue weighted by molar-refractivity contribution is 0.355. The lowest BCUT2D eigenvalue weighted by Gasteiger charge is -2.19. The smallest absolute Gasteiger partial charge is 0.161 e. The van der Waals surface area contributed by atoms with Crippen LogP contribution in [0.1, 0.15) is 30.7 Å². The van der Waals surface area contributed by atoms with Gasteiger partial charge in [0.25, 0.3) is 0 Å². The van der Waals surface area contributed by atoms with Gasteiger partial charge in [0.05, 0.1) is 25.5 Å². The van der Waals surface area contributed by atoms with Gasteiger partial charge < -0.3 is 15.2 Å². The van der Waals surface area contributed by atoms with Gasteiger partial charge in [-0.05, 0) is 31.0 Å². The van der Waals surface area contributed by atoms with Gasteiger partial charge >= 0.3 is 0 Å². The Hall–Kier alpha value is -1.30. The summed E-state index contributed by atoms with van der Waals surface area (Å²) in [5.41, 5.74) is 8.23. The van der Waals surface area contributed by atoms with Crippen molar-refractivity contribution in [1.29, 1.82) is 0 Å². The number of aromatic nitrogens is 1. The maximum Gasteiger partial charge on any atom is 0.161 e. The van der Waals surface area contributed by atoms with Crippen molar-refractivity contribution in [2.24, 2.45) is 5.73 Å². The Morgan fingerprint density at radius 3 is 2.45 bits per heavy atom. The second-order valence-corrected chi connectivity index (χ2v) is 6.33. The summed E-state index contributed by atoms with van der Waals surface area (Å²) in [6, 6.07) is 5.86. The molecule has 6 heteroatoms. The summed E-state index contributed by atoms with van der Waals surface area (Å²) < 4.78 is 10.6. The predicted octanol–water partition coefficient (Wildman–Crippen LogP) is 3.98. The number of nitrogens with two attached hydrogens (primary N) is 1. The summed E-state index contributed by atoms with van der Waals surface area (Å²) in [5, 5.41) is 3.12. The molecular weight excluding hydrogens is 320 g/mol. The minimum atomic E-state index is -0.223. The monoisotopic (exact) mass is 340 g/mol. The molecule has 2 N–H and O–H groups in total. The van der Waals surface area contributed by atoms with Crippen molar-refractivity contribution in [2.75, 3.05) is 14.2 Å². The fourth-order valence-electron chi connectivity index (χ4n) is 2.85. The predicted molar refractivity (Wildman–Crippen MR) is 92.2 cm³/mol. The largest absolute Gasteiger partial charge is 0.493 e. The first-order valence-electron chi connectivity index (χ1n) is 7.13. The number of benzene rings is 1. The first-order chi connectivity index (χ1) is 10.2.